The number of benzene rings is 1. The third kappa shape index (κ3) is 2.55. The predicted octanol–water partition coefficient (Wildman–Crippen LogP) is 4.03. The van der Waals surface area contributed by atoms with Gasteiger partial charge in [-0.05, 0) is 49.7 Å². The lowest BCUT2D eigenvalue weighted by Gasteiger charge is -2.39. The zero-order valence-electron chi connectivity index (χ0n) is 11.2. The lowest BCUT2D eigenvalue weighted by Crippen LogP contribution is -2.35. The van der Waals surface area contributed by atoms with Gasteiger partial charge < -0.3 is 5.11 Å². The standard InChI is InChI=1S/C16H24O/c1-12-7-6-9-14(11-12)16(3,17)15-10-5-4-8-13(15)2/h4-5,8,10,12,14,17H,6-7,9,11H2,1-3H3. The van der Waals surface area contributed by atoms with E-state index >= 15 is 0 Å². The summed E-state index contributed by atoms with van der Waals surface area (Å²) in [4.78, 5) is 0. The zero-order valence-corrected chi connectivity index (χ0v) is 11.2. The van der Waals surface area contributed by atoms with Crippen LogP contribution >= 0.6 is 0 Å². The van der Waals surface area contributed by atoms with Crippen molar-refractivity contribution in [2.45, 2.75) is 52.1 Å². The van der Waals surface area contributed by atoms with Gasteiger partial charge in [-0.2, -0.15) is 0 Å². The van der Waals surface area contributed by atoms with Crippen LogP contribution in [0.15, 0.2) is 24.3 Å². The second-order valence-corrected chi connectivity index (χ2v) is 5.93. The lowest BCUT2D eigenvalue weighted by atomic mass is 9.70. The minimum atomic E-state index is -0.667. The smallest absolute Gasteiger partial charge is 0.0899 e. The van der Waals surface area contributed by atoms with Crippen LogP contribution in [0.5, 0.6) is 0 Å². The van der Waals surface area contributed by atoms with Gasteiger partial charge in [-0.3, -0.25) is 0 Å². The molecular formula is C16H24O. The van der Waals surface area contributed by atoms with Gasteiger partial charge in [0.1, 0.15) is 0 Å². The molecule has 0 aliphatic heterocycles. The maximum Gasteiger partial charge on any atom is 0.0899 e. The molecule has 0 saturated heterocycles. The zero-order chi connectivity index (χ0) is 12.5. The Hall–Kier alpha value is -0.820. The summed E-state index contributed by atoms with van der Waals surface area (Å²) < 4.78 is 0. The normalized spacial score (nSPS) is 28.7. The van der Waals surface area contributed by atoms with E-state index in [1.807, 2.05) is 19.1 Å². The molecule has 1 nitrogen and oxygen atoms in total. The summed E-state index contributed by atoms with van der Waals surface area (Å²) in [6.45, 7) is 6.40. The molecule has 1 aromatic carbocycles. The predicted molar refractivity (Wildman–Crippen MR) is 71.9 cm³/mol. The second kappa shape index (κ2) is 4.81. The van der Waals surface area contributed by atoms with Crippen molar-refractivity contribution in [2.75, 3.05) is 0 Å². The molecule has 0 radical (unpaired) electrons. The molecule has 0 spiro atoms. The Bertz CT molecular complexity index is 381. The summed E-state index contributed by atoms with van der Waals surface area (Å²) >= 11 is 0. The van der Waals surface area contributed by atoms with Crippen LogP contribution in [0.4, 0.5) is 0 Å². The fraction of sp³-hybridized carbons (Fsp3) is 0.625. The van der Waals surface area contributed by atoms with Crippen molar-refractivity contribution >= 4 is 0 Å². The van der Waals surface area contributed by atoms with Gasteiger partial charge in [0.2, 0.25) is 0 Å². The van der Waals surface area contributed by atoms with Gasteiger partial charge in [-0.25, -0.2) is 0 Å². The van der Waals surface area contributed by atoms with Crippen LogP contribution in [-0.4, -0.2) is 5.11 Å². The molecule has 1 aliphatic rings. The fourth-order valence-corrected chi connectivity index (χ4v) is 3.31. The van der Waals surface area contributed by atoms with Crippen molar-refractivity contribution < 1.29 is 5.11 Å². The summed E-state index contributed by atoms with van der Waals surface area (Å²) in [6.07, 6.45) is 4.89. The molecular weight excluding hydrogens is 208 g/mol. The Balaban J connectivity index is 2.26. The van der Waals surface area contributed by atoms with E-state index in [0.29, 0.717) is 5.92 Å². The highest BCUT2D eigenvalue weighted by Crippen LogP contribution is 2.41. The molecule has 0 bridgehead atoms. The van der Waals surface area contributed by atoms with Crippen molar-refractivity contribution in [3.63, 3.8) is 0 Å². The van der Waals surface area contributed by atoms with Gasteiger partial charge in [0.15, 0.2) is 0 Å². The molecule has 0 amide bonds. The van der Waals surface area contributed by atoms with Crippen LogP contribution in [0.1, 0.15) is 50.7 Å². The lowest BCUT2D eigenvalue weighted by molar-refractivity contribution is -0.0298. The first-order valence-electron chi connectivity index (χ1n) is 6.80. The van der Waals surface area contributed by atoms with E-state index in [9.17, 15) is 5.11 Å². The van der Waals surface area contributed by atoms with E-state index in [2.05, 4.69) is 26.0 Å². The number of aryl methyl sites for hydroxylation is 1. The Kier molecular flexibility index (Phi) is 3.58. The van der Waals surface area contributed by atoms with Crippen LogP contribution in [0.3, 0.4) is 0 Å². The highest BCUT2D eigenvalue weighted by atomic mass is 16.3. The summed E-state index contributed by atoms with van der Waals surface area (Å²) in [5.74, 6) is 1.16. The van der Waals surface area contributed by atoms with Crippen LogP contribution in [0, 0.1) is 18.8 Å². The first-order valence-corrected chi connectivity index (χ1v) is 6.80. The SMILES string of the molecule is Cc1ccccc1C(C)(O)C1CCCC(C)C1. The molecule has 3 atom stereocenters. The Morgan fingerprint density at radius 3 is 2.59 bits per heavy atom. The van der Waals surface area contributed by atoms with Gasteiger partial charge in [0, 0.05) is 0 Å². The van der Waals surface area contributed by atoms with Crippen molar-refractivity contribution in [3.05, 3.63) is 35.4 Å². The molecule has 0 heterocycles. The first-order chi connectivity index (χ1) is 8.01. The maximum absolute atomic E-state index is 10.9. The van der Waals surface area contributed by atoms with E-state index < -0.39 is 5.60 Å². The van der Waals surface area contributed by atoms with E-state index in [1.54, 1.807) is 0 Å². The van der Waals surface area contributed by atoms with E-state index in [4.69, 9.17) is 0 Å². The molecule has 1 N–H and O–H groups in total. The molecule has 1 saturated carbocycles. The van der Waals surface area contributed by atoms with Gasteiger partial charge in [0.25, 0.3) is 0 Å². The minimum Gasteiger partial charge on any atom is -0.385 e. The van der Waals surface area contributed by atoms with Gasteiger partial charge in [0.05, 0.1) is 5.60 Å². The van der Waals surface area contributed by atoms with Crippen molar-refractivity contribution in [1.29, 1.82) is 0 Å². The molecule has 0 aromatic heterocycles. The average Bonchev–Trinajstić information content (AvgIpc) is 2.29. The van der Waals surface area contributed by atoms with Gasteiger partial charge in [-0.1, -0.05) is 44.0 Å². The van der Waals surface area contributed by atoms with Crippen molar-refractivity contribution in [2.24, 2.45) is 11.8 Å². The first kappa shape index (κ1) is 12.6. The topological polar surface area (TPSA) is 20.2 Å². The highest BCUT2D eigenvalue weighted by molar-refractivity contribution is 5.31. The minimum absolute atomic E-state index is 0.410. The van der Waals surface area contributed by atoms with Crippen LogP contribution in [-0.2, 0) is 5.60 Å². The van der Waals surface area contributed by atoms with Crippen molar-refractivity contribution in [1.82, 2.24) is 0 Å². The third-order valence-electron chi connectivity index (χ3n) is 4.42. The monoisotopic (exact) mass is 232 g/mol. The van der Waals surface area contributed by atoms with Crippen molar-refractivity contribution in [3.8, 4) is 0 Å². The van der Waals surface area contributed by atoms with Gasteiger partial charge >= 0.3 is 0 Å². The Labute approximate surface area is 105 Å². The molecule has 1 heteroatoms. The summed E-state index contributed by atoms with van der Waals surface area (Å²) in [6, 6.07) is 8.24. The summed E-state index contributed by atoms with van der Waals surface area (Å²) in [7, 11) is 0. The maximum atomic E-state index is 10.9. The molecule has 17 heavy (non-hydrogen) atoms. The fourth-order valence-electron chi connectivity index (χ4n) is 3.31. The second-order valence-electron chi connectivity index (χ2n) is 5.93. The van der Waals surface area contributed by atoms with Crippen LogP contribution < -0.4 is 0 Å². The molecule has 1 aromatic rings. The number of aliphatic hydroxyl groups is 1. The highest BCUT2D eigenvalue weighted by Gasteiger charge is 2.36. The number of hydrogen-bond donors (Lipinski definition) is 1. The molecule has 94 valence electrons. The summed E-state index contributed by atoms with van der Waals surface area (Å²) in [5, 5.41) is 10.9. The van der Waals surface area contributed by atoms with E-state index in [1.165, 1.54) is 18.4 Å². The molecule has 3 unspecified atom stereocenters. The van der Waals surface area contributed by atoms with Crippen LogP contribution in [0.2, 0.25) is 0 Å². The number of hydrogen-bond acceptors (Lipinski definition) is 1. The number of rotatable bonds is 2. The molecule has 1 fully saturated rings. The van der Waals surface area contributed by atoms with Gasteiger partial charge in [-0.15, -0.1) is 0 Å². The average molecular weight is 232 g/mol. The van der Waals surface area contributed by atoms with Crippen LogP contribution in [0.25, 0.3) is 0 Å². The van der Waals surface area contributed by atoms with E-state index in [-0.39, 0.29) is 0 Å². The summed E-state index contributed by atoms with van der Waals surface area (Å²) in [5.41, 5.74) is 1.65. The Morgan fingerprint density at radius 2 is 1.94 bits per heavy atom. The quantitative estimate of drug-likeness (QED) is 0.816. The van der Waals surface area contributed by atoms with E-state index in [0.717, 1.165) is 24.3 Å². The molecule has 2 rings (SSSR count). The molecule has 1 aliphatic carbocycles. The largest absolute Gasteiger partial charge is 0.385 e. The Morgan fingerprint density at radius 1 is 1.24 bits per heavy atom. The third-order valence-corrected chi connectivity index (χ3v) is 4.42.